The molecule has 2 rings (SSSR count). The van der Waals surface area contributed by atoms with Gasteiger partial charge < -0.3 is 20.5 Å². The highest BCUT2D eigenvalue weighted by atomic mass is 16.6. The minimum atomic E-state index is -1.16. The Morgan fingerprint density at radius 3 is 2.31 bits per heavy atom. The lowest BCUT2D eigenvalue weighted by Gasteiger charge is -2.31. The molecule has 1 aliphatic carbocycles. The molecule has 9 heteroatoms. The van der Waals surface area contributed by atoms with Gasteiger partial charge in [0.2, 0.25) is 5.91 Å². The SMILES string of the molecule is CCN(C(=O)OCc1ccccc1)[C@@H](C)C(=O)N[C@@H](C)C(=O)OC(=O)C1(N)CCCCC1. The Kier molecular flexibility index (Phi) is 9.19. The van der Waals surface area contributed by atoms with E-state index in [2.05, 4.69) is 5.32 Å². The lowest BCUT2D eigenvalue weighted by molar-refractivity contribution is -0.166. The number of rotatable bonds is 8. The highest BCUT2D eigenvalue weighted by Gasteiger charge is 2.39. The first kappa shape index (κ1) is 25.3. The van der Waals surface area contributed by atoms with Crippen molar-refractivity contribution in [1.82, 2.24) is 10.2 Å². The van der Waals surface area contributed by atoms with E-state index in [0.29, 0.717) is 12.8 Å². The average Bonchev–Trinajstić information content (AvgIpc) is 2.79. The van der Waals surface area contributed by atoms with Crippen molar-refractivity contribution in [3.63, 3.8) is 0 Å². The second-order valence-electron chi connectivity index (χ2n) is 8.16. The van der Waals surface area contributed by atoms with Crippen LogP contribution in [-0.2, 0) is 30.5 Å². The number of likely N-dealkylation sites (N-methyl/N-ethyl adjacent to an activating group) is 1. The zero-order valence-corrected chi connectivity index (χ0v) is 19.0. The van der Waals surface area contributed by atoms with Crippen molar-refractivity contribution in [1.29, 1.82) is 0 Å². The largest absolute Gasteiger partial charge is 0.445 e. The van der Waals surface area contributed by atoms with Crippen molar-refractivity contribution in [3.05, 3.63) is 35.9 Å². The summed E-state index contributed by atoms with van der Waals surface area (Å²) in [5, 5.41) is 2.49. The third-order valence-electron chi connectivity index (χ3n) is 5.69. The van der Waals surface area contributed by atoms with Crippen LogP contribution in [-0.4, -0.2) is 53.0 Å². The number of nitrogens with two attached hydrogens (primary N) is 1. The second kappa shape index (κ2) is 11.6. The molecule has 2 atom stereocenters. The Morgan fingerprint density at radius 1 is 1.09 bits per heavy atom. The van der Waals surface area contributed by atoms with Crippen LogP contribution in [0.1, 0.15) is 58.4 Å². The maximum Gasteiger partial charge on any atom is 0.410 e. The first-order valence-electron chi connectivity index (χ1n) is 11.0. The molecule has 1 fully saturated rings. The summed E-state index contributed by atoms with van der Waals surface area (Å²) in [5.41, 5.74) is 5.75. The van der Waals surface area contributed by atoms with Crippen LogP contribution in [0.2, 0.25) is 0 Å². The highest BCUT2D eigenvalue weighted by molar-refractivity contribution is 5.95. The van der Waals surface area contributed by atoms with E-state index < -0.39 is 41.6 Å². The molecule has 0 bridgehead atoms. The summed E-state index contributed by atoms with van der Waals surface area (Å²) in [5.74, 6) is -2.22. The molecule has 0 heterocycles. The van der Waals surface area contributed by atoms with Crippen molar-refractivity contribution >= 4 is 23.9 Å². The number of hydrogen-bond donors (Lipinski definition) is 2. The summed E-state index contributed by atoms with van der Waals surface area (Å²) in [6, 6.07) is 7.21. The fraction of sp³-hybridized carbons (Fsp3) is 0.565. The van der Waals surface area contributed by atoms with Gasteiger partial charge in [-0.2, -0.15) is 0 Å². The molecule has 9 nitrogen and oxygen atoms in total. The third kappa shape index (κ3) is 6.78. The van der Waals surface area contributed by atoms with Gasteiger partial charge in [0.25, 0.3) is 0 Å². The van der Waals surface area contributed by atoms with Gasteiger partial charge in [-0.15, -0.1) is 0 Å². The van der Waals surface area contributed by atoms with Crippen LogP contribution in [0.3, 0.4) is 0 Å². The molecule has 0 aliphatic heterocycles. The number of hydrogen-bond acceptors (Lipinski definition) is 7. The number of ether oxygens (including phenoxy) is 2. The third-order valence-corrected chi connectivity index (χ3v) is 5.69. The first-order valence-corrected chi connectivity index (χ1v) is 11.0. The van der Waals surface area contributed by atoms with E-state index in [1.807, 2.05) is 30.3 Å². The predicted octanol–water partition coefficient (Wildman–Crippen LogP) is 2.27. The second-order valence-corrected chi connectivity index (χ2v) is 8.16. The maximum absolute atomic E-state index is 12.6. The lowest BCUT2D eigenvalue weighted by Crippen LogP contribution is -2.54. The van der Waals surface area contributed by atoms with Crippen LogP contribution >= 0.6 is 0 Å². The zero-order chi connectivity index (χ0) is 23.7. The monoisotopic (exact) mass is 447 g/mol. The molecule has 1 aromatic rings. The highest BCUT2D eigenvalue weighted by Crippen LogP contribution is 2.27. The molecule has 32 heavy (non-hydrogen) atoms. The van der Waals surface area contributed by atoms with E-state index in [0.717, 1.165) is 24.8 Å². The molecule has 2 amide bonds. The van der Waals surface area contributed by atoms with Gasteiger partial charge in [-0.05, 0) is 39.2 Å². The molecule has 1 aliphatic rings. The van der Waals surface area contributed by atoms with Gasteiger partial charge in [0.05, 0.1) is 0 Å². The number of carbonyl (C=O) groups is 4. The summed E-state index contributed by atoms with van der Waals surface area (Å²) in [4.78, 5) is 50.9. The van der Waals surface area contributed by atoms with E-state index >= 15 is 0 Å². The van der Waals surface area contributed by atoms with Gasteiger partial charge in [-0.3, -0.25) is 9.69 Å². The van der Waals surface area contributed by atoms with Gasteiger partial charge in [0.1, 0.15) is 24.2 Å². The molecule has 0 saturated heterocycles. The molecular weight excluding hydrogens is 414 g/mol. The van der Waals surface area contributed by atoms with Crippen molar-refractivity contribution in [3.8, 4) is 0 Å². The van der Waals surface area contributed by atoms with Crippen molar-refractivity contribution in [2.45, 2.75) is 77.1 Å². The standard InChI is InChI=1S/C23H33N3O6/c1-4-26(22(30)31-15-18-11-7-5-8-12-18)17(3)19(27)25-16(2)20(28)32-21(29)23(24)13-9-6-10-14-23/h5,7-8,11-12,16-17H,4,6,9-10,13-15,24H2,1-3H3,(H,25,27)/t16-,17-/m0/s1. The summed E-state index contributed by atoms with van der Waals surface area (Å²) >= 11 is 0. The number of nitrogens with zero attached hydrogens (tertiary/aromatic N) is 1. The van der Waals surface area contributed by atoms with Crippen LogP contribution < -0.4 is 11.1 Å². The van der Waals surface area contributed by atoms with E-state index in [4.69, 9.17) is 15.2 Å². The first-order chi connectivity index (χ1) is 15.2. The van der Waals surface area contributed by atoms with E-state index in [9.17, 15) is 19.2 Å². The van der Waals surface area contributed by atoms with E-state index in [-0.39, 0.29) is 13.2 Å². The molecule has 0 radical (unpaired) electrons. The van der Waals surface area contributed by atoms with E-state index in [1.54, 1.807) is 6.92 Å². The quantitative estimate of drug-likeness (QED) is 0.462. The predicted molar refractivity (Wildman–Crippen MR) is 117 cm³/mol. The molecule has 1 aromatic carbocycles. The van der Waals surface area contributed by atoms with Crippen LogP contribution in [0.25, 0.3) is 0 Å². The number of benzene rings is 1. The summed E-state index contributed by atoms with van der Waals surface area (Å²) in [6.45, 7) is 4.97. The van der Waals surface area contributed by atoms with Crippen molar-refractivity contribution in [2.75, 3.05) is 6.54 Å². The van der Waals surface area contributed by atoms with Gasteiger partial charge in [0, 0.05) is 6.54 Å². The summed E-state index contributed by atoms with van der Waals surface area (Å²) in [7, 11) is 0. The van der Waals surface area contributed by atoms with Gasteiger partial charge in [0.15, 0.2) is 0 Å². The smallest absolute Gasteiger partial charge is 0.410 e. The van der Waals surface area contributed by atoms with Crippen LogP contribution in [0, 0.1) is 0 Å². The minimum Gasteiger partial charge on any atom is -0.445 e. The molecule has 176 valence electrons. The Morgan fingerprint density at radius 2 is 1.72 bits per heavy atom. The lowest BCUT2D eigenvalue weighted by atomic mass is 9.83. The zero-order valence-electron chi connectivity index (χ0n) is 19.0. The molecule has 0 unspecified atom stereocenters. The normalized spacial score (nSPS) is 16.9. The van der Waals surface area contributed by atoms with Crippen LogP contribution in [0.4, 0.5) is 4.79 Å². The van der Waals surface area contributed by atoms with Crippen LogP contribution in [0.5, 0.6) is 0 Å². The summed E-state index contributed by atoms with van der Waals surface area (Å²) in [6.07, 6.45) is 2.88. The average molecular weight is 448 g/mol. The topological polar surface area (TPSA) is 128 Å². The Bertz CT molecular complexity index is 807. The van der Waals surface area contributed by atoms with Gasteiger partial charge in [-0.25, -0.2) is 14.4 Å². The fourth-order valence-electron chi connectivity index (χ4n) is 3.57. The number of esters is 2. The van der Waals surface area contributed by atoms with Crippen molar-refractivity contribution < 1.29 is 28.7 Å². The maximum atomic E-state index is 12.6. The van der Waals surface area contributed by atoms with Gasteiger partial charge in [-0.1, -0.05) is 49.6 Å². The fourth-order valence-corrected chi connectivity index (χ4v) is 3.57. The van der Waals surface area contributed by atoms with Gasteiger partial charge >= 0.3 is 18.0 Å². The summed E-state index contributed by atoms with van der Waals surface area (Å²) < 4.78 is 10.2. The Labute approximate surface area is 188 Å². The number of carbonyl (C=O) groups excluding carboxylic acids is 4. The Balaban J connectivity index is 1.87. The molecular formula is C23H33N3O6. The minimum absolute atomic E-state index is 0.0796. The van der Waals surface area contributed by atoms with Crippen LogP contribution in [0.15, 0.2) is 30.3 Å². The number of amides is 2. The number of nitrogens with one attached hydrogen (secondary N) is 1. The molecule has 3 N–H and O–H groups in total. The molecule has 0 aromatic heterocycles. The Hall–Kier alpha value is -2.94. The van der Waals surface area contributed by atoms with E-state index in [1.165, 1.54) is 18.7 Å². The molecule has 0 spiro atoms. The molecule has 1 saturated carbocycles. The van der Waals surface area contributed by atoms with Crippen molar-refractivity contribution in [2.24, 2.45) is 5.73 Å².